The summed E-state index contributed by atoms with van der Waals surface area (Å²) in [7, 11) is 0. The first-order chi connectivity index (χ1) is 8.47. The molecule has 0 aromatic carbocycles. The van der Waals surface area contributed by atoms with Gasteiger partial charge in [-0.05, 0) is 18.6 Å². The van der Waals surface area contributed by atoms with E-state index in [2.05, 4.69) is 25.8 Å². The van der Waals surface area contributed by atoms with Gasteiger partial charge in [0, 0.05) is 24.0 Å². The summed E-state index contributed by atoms with van der Waals surface area (Å²) in [4.78, 5) is 4.51. The van der Waals surface area contributed by atoms with Crippen LogP contribution in [0.15, 0.2) is 12.1 Å². The topological polar surface area (TPSA) is 31.4 Å². The van der Waals surface area contributed by atoms with Crippen LogP contribution in [-0.4, -0.2) is 24.8 Å². The Morgan fingerprint density at radius 2 is 1.94 bits per heavy atom. The van der Waals surface area contributed by atoms with Gasteiger partial charge in [0.05, 0.1) is 12.3 Å². The van der Waals surface area contributed by atoms with Crippen LogP contribution in [0, 0.1) is 0 Å². The molecule has 0 bridgehead atoms. The van der Waals surface area contributed by atoms with Gasteiger partial charge < -0.3 is 9.47 Å². The SMILES string of the molecule is CCOCCOc1cc(CCl)cc(C(C)(C)C)n1. The molecule has 0 fully saturated rings. The fourth-order valence-electron chi connectivity index (χ4n) is 1.44. The van der Waals surface area contributed by atoms with E-state index in [9.17, 15) is 0 Å². The molecule has 1 aromatic heterocycles. The first-order valence-electron chi connectivity index (χ1n) is 6.25. The predicted octanol–water partition coefficient (Wildman–Crippen LogP) is 3.53. The lowest BCUT2D eigenvalue weighted by Gasteiger charge is -2.19. The van der Waals surface area contributed by atoms with Crippen LogP contribution in [0.3, 0.4) is 0 Å². The number of hydrogen-bond donors (Lipinski definition) is 0. The van der Waals surface area contributed by atoms with E-state index in [-0.39, 0.29) is 5.41 Å². The molecule has 0 amide bonds. The number of rotatable bonds is 6. The van der Waals surface area contributed by atoms with Gasteiger partial charge in [-0.1, -0.05) is 20.8 Å². The van der Waals surface area contributed by atoms with E-state index in [1.54, 1.807) is 0 Å². The molecule has 0 unspecified atom stereocenters. The molecular weight excluding hydrogens is 250 g/mol. The number of hydrogen-bond acceptors (Lipinski definition) is 3. The summed E-state index contributed by atoms with van der Waals surface area (Å²) >= 11 is 5.90. The van der Waals surface area contributed by atoms with E-state index in [1.807, 2.05) is 19.1 Å². The monoisotopic (exact) mass is 271 g/mol. The lowest BCUT2D eigenvalue weighted by Crippen LogP contribution is -2.15. The highest BCUT2D eigenvalue weighted by Crippen LogP contribution is 2.24. The van der Waals surface area contributed by atoms with Crippen LogP contribution < -0.4 is 4.74 Å². The van der Waals surface area contributed by atoms with Crippen LogP contribution >= 0.6 is 11.6 Å². The summed E-state index contributed by atoms with van der Waals surface area (Å²) in [5.74, 6) is 1.09. The lowest BCUT2D eigenvalue weighted by atomic mass is 9.91. The van der Waals surface area contributed by atoms with E-state index in [0.717, 1.165) is 11.3 Å². The van der Waals surface area contributed by atoms with Gasteiger partial charge in [-0.2, -0.15) is 0 Å². The molecule has 0 spiro atoms. The molecule has 0 saturated heterocycles. The Balaban J connectivity index is 2.78. The van der Waals surface area contributed by atoms with Gasteiger partial charge in [0.2, 0.25) is 5.88 Å². The van der Waals surface area contributed by atoms with E-state index < -0.39 is 0 Å². The quantitative estimate of drug-likeness (QED) is 0.586. The highest BCUT2D eigenvalue weighted by Gasteiger charge is 2.17. The second-order valence-corrected chi connectivity index (χ2v) is 5.40. The van der Waals surface area contributed by atoms with Crippen LogP contribution in [0.5, 0.6) is 5.88 Å². The Bertz CT molecular complexity index is 375. The van der Waals surface area contributed by atoms with E-state index >= 15 is 0 Å². The summed E-state index contributed by atoms with van der Waals surface area (Å²) in [6.07, 6.45) is 0. The lowest BCUT2D eigenvalue weighted by molar-refractivity contribution is 0.108. The second-order valence-electron chi connectivity index (χ2n) is 5.13. The number of halogens is 1. The first kappa shape index (κ1) is 15.3. The van der Waals surface area contributed by atoms with Crippen molar-refractivity contribution in [2.24, 2.45) is 0 Å². The molecule has 18 heavy (non-hydrogen) atoms. The smallest absolute Gasteiger partial charge is 0.213 e. The molecule has 0 aliphatic rings. The third-order valence-electron chi connectivity index (χ3n) is 2.47. The molecule has 0 saturated carbocycles. The molecule has 0 radical (unpaired) electrons. The average Bonchev–Trinajstić information content (AvgIpc) is 2.33. The van der Waals surface area contributed by atoms with Crippen molar-refractivity contribution in [1.82, 2.24) is 4.98 Å². The van der Waals surface area contributed by atoms with E-state index in [1.165, 1.54) is 0 Å². The summed E-state index contributed by atoms with van der Waals surface area (Å²) in [6.45, 7) is 10.1. The molecule has 1 rings (SSSR count). The van der Waals surface area contributed by atoms with Gasteiger partial charge in [-0.25, -0.2) is 4.98 Å². The van der Waals surface area contributed by atoms with Crippen molar-refractivity contribution in [2.45, 2.75) is 39.0 Å². The Labute approximate surface area is 114 Å². The molecule has 0 N–H and O–H groups in total. The minimum atomic E-state index is -0.0138. The van der Waals surface area contributed by atoms with Gasteiger partial charge >= 0.3 is 0 Å². The molecule has 0 aliphatic heterocycles. The zero-order chi connectivity index (χ0) is 13.6. The van der Waals surface area contributed by atoms with Gasteiger partial charge in [-0.15, -0.1) is 11.6 Å². The average molecular weight is 272 g/mol. The number of ether oxygens (including phenoxy) is 2. The molecule has 0 atom stereocenters. The largest absolute Gasteiger partial charge is 0.475 e. The van der Waals surface area contributed by atoms with Crippen LogP contribution in [0.25, 0.3) is 0 Å². The molecule has 4 heteroatoms. The number of aromatic nitrogens is 1. The van der Waals surface area contributed by atoms with Gasteiger partial charge in [0.15, 0.2) is 0 Å². The van der Waals surface area contributed by atoms with E-state index in [4.69, 9.17) is 21.1 Å². The highest BCUT2D eigenvalue weighted by molar-refractivity contribution is 6.17. The van der Waals surface area contributed by atoms with Crippen molar-refractivity contribution < 1.29 is 9.47 Å². The molecular formula is C14H22ClNO2. The standard InChI is InChI=1S/C14H22ClNO2/c1-5-17-6-7-18-13-9-11(10-15)8-12(16-13)14(2,3)4/h8-9H,5-7,10H2,1-4H3. The summed E-state index contributed by atoms with van der Waals surface area (Å²) in [5, 5.41) is 0. The zero-order valence-corrected chi connectivity index (χ0v) is 12.4. The predicted molar refractivity (Wildman–Crippen MR) is 74.5 cm³/mol. The zero-order valence-electron chi connectivity index (χ0n) is 11.6. The summed E-state index contributed by atoms with van der Waals surface area (Å²) < 4.78 is 10.8. The molecule has 3 nitrogen and oxygen atoms in total. The Morgan fingerprint density at radius 3 is 2.50 bits per heavy atom. The Kier molecular flexibility index (Phi) is 5.89. The van der Waals surface area contributed by atoms with Crippen LogP contribution in [0.1, 0.15) is 39.0 Å². The Hall–Kier alpha value is -0.800. The maximum absolute atomic E-state index is 5.90. The second kappa shape index (κ2) is 6.95. The first-order valence-corrected chi connectivity index (χ1v) is 6.78. The number of nitrogens with zero attached hydrogens (tertiary/aromatic N) is 1. The molecule has 1 aromatic rings. The molecule has 102 valence electrons. The fourth-order valence-corrected chi connectivity index (χ4v) is 1.60. The van der Waals surface area contributed by atoms with Crippen molar-refractivity contribution in [3.63, 3.8) is 0 Å². The highest BCUT2D eigenvalue weighted by atomic mass is 35.5. The number of alkyl halides is 1. The van der Waals surface area contributed by atoms with Crippen molar-refractivity contribution >= 4 is 11.6 Å². The van der Waals surface area contributed by atoms with Crippen molar-refractivity contribution in [2.75, 3.05) is 19.8 Å². The third-order valence-corrected chi connectivity index (χ3v) is 2.77. The minimum Gasteiger partial charge on any atom is -0.475 e. The van der Waals surface area contributed by atoms with Crippen LogP contribution in [0.2, 0.25) is 0 Å². The van der Waals surface area contributed by atoms with Gasteiger partial charge in [0.25, 0.3) is 0 Å². The maximum atomic E-state index is 5.90. The summed E-state index contributed by atoms with van der Waals surface area (Å²) in [6, 6.07) is 3.91. The van der Waals surface area contributed by atoms with Crippen molar-refractivity contribution in [3.05, 3.63) is 23.4 Å². The molecule has 1 heterocycles. The number of pyridine rings is 1. The van der Waals surface area contributed by atoms with Gasteiger partial charge in [-0.3, -0.25) is 0 Å². The molecule has 0 aliphatic carbocycles. The normalized spacial score (nSPS) is 11.6. The van der Waals surface area contributed by atoms with Crippen LogP contribution in [0.4, 0.5) is 0 Å². The van der Waals surface area contributed by atoms with Crippen molar-refractivity contribution in [3.8, 4) is 5.88 Å². The maximum Gasteiger partial charge on any atom is 0.213 e. The third kappa shape index (κ3) is 4.83. The summed E-state index contributed by atoms with van der Waals surface area (Å²) in [5.41, 5.74) is 2.01. The van der Waals surface area contributed by atoms with E-state index in [0.29, 0.717) is 31.6 Å². The Morgan fingerprint density at radius 1 is 1.22 bits per heavy atom. The van der Waals surface area contributed by atoms with Crippen LogP contribution in [-0.2, 0) is 16.0 Å². The van der Waals surface area contributed by atoms with Crippen molar-refractivity contribution in [1.29, 1.82) is 0 Å². The minimum absolute atomic E-state index is 0.0138. The van der Waals surface area contributed by atoms with Gasteiger partial charge in [0.1, 0.15) is 6.61 Å². The fraction of sp³-hybridized carbons (Fsp3) is 0.643.